The quantitative estimate of drug-likeness (QED) is 0.373. The van der Waals surface area contributed by atoms with Gasteiger partial charge < -0.3 is 4.57 Å². The Balaban J connectivity index is 1.95. The molecule has 0 bridgehead atoms. The van der Waals surface area contributed by atoms with E-state index >= 15 is 0 Å². The molecule has 1 saturated carbocycles. The first-order valence-corrected chi connectivity index (χ1v) is 9.41. The molecule has 1 aliphatic rings. The van der Waals surface area contributed by atoms with E-state index in [-0.39, 0.29) is 11.4 Å². The number of carbonyl (C=O) groups is 1. The molecular formula is C21H21BrN2O. The third-order valence-corrected chi connectivity index (χ3v) is 5.49. The van der Waals surface area contributed by atoms with E-state index in [4.69, 9.17) is 0 Å². The van der Waals surface area contributed by atoms with Gasteiger partial charge in [-0.15, -0.1) is 0 Å². The van der Waals surface area contributed by atoms with Gasteiger partial charge in [-0.3, -0.25) is 4.79 Å². The van der Waals surface area contributed by atoms with Gasteiger partial charge in [0, 0.05) is 27.5 Å². The monoisotopic (exact) mass is 396 g/mol. The summed E-state index contributed by atoms with van der Waals surface area (Å²) in [4.78, 5) is 12.9. The number of aryl methyl sites for hydroxylation is 1. The van der Waals surface area contributed by atoms with Crippen molar-refractivity contribution in [1.29, 1.82) is 5.26 Å². The van der Waals surface area contributed by atoms with Gasteiger partial charge in [0.2, 0.25) is 5.78 Å². The molecule has 0 N–H and O–H groups in total. The molecule has 25 heavy (non-hydrogen) atoms. The van der Waals surface area contributed by atoms with Crippen molar-refractivity contribution in [3.8, 4) is 6.07 Å². The Morgan fingerprint density at radius 1 is 1.24 bits per heavy atom. The van der Waals surface area contributed by atoms with E-state index in [9.17, 15) is 10.1 Å². The number of nitrogens with zero attached hydrogens (tertiary/aromatic N) is 2. The van der Waals surface area contributed by atoms with Crippen molar-refractivity contribution >= 4 is 27.8 Å². The number of carbonyl (C=O) groups excluding carboxylic acids is 1. The topological polar surface area (TPSA) is 45.8 Å². The Hall–Kier alpha value is -2.12. The molecule has 128 valence electrons. The van der Waals surface area contributed by atoms with Crippen LogP contribution in [0.25, 0.3) is 6.08 Å². The predicted octanol–water partition coefficient (Wildman–Crippen LogP) is 5.77. The Labute approximate surface area is 157 Å². The molecule has 4 heteroatoms. The maximum Gasteiger partial charge on any atom is 0.205 e. The van der Waals surface area contributed by atoms with E-state index in [1.807, 2.05) is 44.2 Å². The number of nitriles is 1. The molecule has 0 amide bonds. The normalized spacial score (nSPS) is 15.4. The molecular weight excluding hydrogens is 376 g/mol. The van der Waals surface area contributed by atoms with E-state index in [1.54, 1.807) is 6.08 Å². The average Bonchev–Trinajstić information content (AvgIpc) is 3.21. The SMILES string of the molecule is Cc1cc(C(=O)C(C#N)=Cc2ccc(Br)cc2)c(C)n1C1CCCC1. The maximum atomic E-state index is 12.9. The number of hydrogen-bond donors (Lipinski definition) is 0. The molecule has 1 fully saturated rings. The summed E-state index contributed by atoms with van der Waals surface area (Å²) in [5.74, 6) is -0.192. The number of ketones is 1. The Morgan fingerprint density at radius 3 is 2.48 bits per heavy atom. The fourth-order valence-electron chi connectivity index (χ4n) is 3.75. The lowest BCUT2D eigenvalue weighted by molar-refractivity contribution is 0.103. The molecule has 2 aromatic rings. The van der Waals surface area contributed by atoms with E-state index in [2.05, 4.69) is 26.6 Å². The molecule has 0 aliphatic heterocycles. The largest absolute Gasteiger partial charge is 0.345 e. The standard InChI is InChI=1S/C21H21BrN2O/c1-14-11-20(15(2)24(14)19-5-3-4-6-19)21(25)17(13-23)12-16-7-9-18(22)10-8-16/h7-12,19H,3-6H2,1-2H3. The van der Waals surface area contributed by atoms with Gasteiger partial charge in [-0.1, -0.05) is 40.9 Å². The lowest BCUT2D eigenvalue weighted by atomic mass is 10.0. The number of Topliss-reactive ketones (excluding diaryl/α,β-unsaturated/α-hetero) is 1. The van der Waals surface area contributed by atoms with Crippen molar-refractivity contribution in [3.63, 3.8) is 0 Å². The zero-order chi connectivity index (χ0) is 18.0. The molecule has 0 radical (unpaired) electrons. The number of benzene rings is 1. The zero-order valence-electron chi connectivity index (χ0n) is 14.6. The van der Waals surface area contributed by atoms with Gasteiger partial charge in [-0.2, -0.15) is 5.26 Å². The van der Waals surface area contributed by atoms with Crippen molar-refractivity contribution in [1.82, 2.24) is 4.57 Å². The third kappa shape index (κ3) is 3.62. The lowest BCUT2D eigenvalue weighted by Gasteiger charge is -2.17. The number of halogens is 1. The number of aromatic nitrogens is 1. The third-order valence-electron chi connectivity index (χ3n) is 4.96. The van der Waals surface area contributed by atoms with Gasteiger partial charge in [-0.25, -0.2) is 0 Å². The van der Waals surface area contributed by atoms with Gasteiger partial charge in [0.15, 0.2) is 0 Å². The highest BCUT2D eigenvalue weighted by atomic mass is 79.9. The predicted molar refractivity (Wildman–Crippen MR) is 103 cm³/mol. The Morgan fingerprint density at radius 2 is 1.88 bits per heavy atom. The summed E-state index contributed by atoms with van der Waals surface area (Å²) < 4.78 is 3.25. The second-order valence-electron chi connectivity index (χ2n) is 6.64. The first kappa shape index (κ1) is 17.7. The molecule has 3 rings (SSSR count). The first-order valence-electron chi connectivity index (χ1n) is 8.61. The van der Waals surface area contributed by atoms with Crippen LogP contribution in [-0.4, -0.2) is 10.4 Å². The zero-order valence-corrected chi connectivity index (χ0v) is 16.1. The molecule has 0 atom stereocenters. The van der Waals surface area contributed by atoms with Crippen LogP contribution in [0.4, 0.5) is 0 Å². The highest BCUT2D eigenvalue weighted by Crippen LogP contribution is 2.34. The lowest BCUT2D eigenvalue weighted by Crippen LogP contribution is -2.10. The van der Waals surface area contributed by atoms with Gasteiger partial charge in [0.25, 0.3) is 0 Å². The highest BCUT2D eigenvalue weighted by molar-refractivity contribution is 9.10. The van der Waals surface area contributed by atoms with Crippen LogP contribution < -0.4 is 0 Å². The fourth-order valence-corrected chi connectivity index (χ4v) is 4.02. The summed E-state index contributed by atoms with van der Waals surface area (Å²) in [5, 5.41) is 9.50. The number of hydrogen-bond acceptors (Lipinski definition) is 2. The van der Waals surface area contributed by atoms with Crippen LogP contribution in [0, 0.1) is 25.2 Å². The van der Waals surface area contributed by atoms with Gasteiger partial charge in [0.1, 0.15) is 11.6 Å². The average molecular weight is 397 g/mol. The summed E-state index contributed by atoms with van der Waals surface area (Å²) in [7, 11) is 0. The maximum absolute atomic E-state index is 12.9. The second kappa shape index (κ2) is 7.41. The van der Waals surface area contributed by atoms with Crippen LogP contribution in [0.1, 0.15) is 59.0 Å². The molecule has 1 aromatic carbocycles. The highest BCUT2D eigenvalue weighted by Gasteiger charge is 2.24. The van der Waals surface area contributed by atoms with E-state index < -0.39 is 0 Å². The number of allylic oxidation sites excluding steroid dienone is 1. The van der Waals surface area contributed by atoms with Crippen LogP contribution in [-0.2, 0) is 0 Å². The van der Waals surface area contributed by atoms with E-state index in [1.165, 1.54) is 25.7 Å². The van der Waals surface area contributed by atoms with Crippen molar-refractivity contribution in [2.75, 3.05) is 0 Å². The number of rotatable bonds is 4. The van der Waals surface area contributed by atoms with Crippen LogP contribution in [0.2, 0.25) is 0 Å². The minimum atomic E-state index is -0.192. The minimum absolute atomic E-state index is 0.175. The first-order chi connectivity index (χ1) is 12.0. The van der Waals surface area contributed by atoms with Crippen LogP contribution in [0.3, 0.4) is 0 Å². The molecule has 1 aromatic heterocycles. The van der Waals surface area contributed by atoms with Crippen molar-refractivity contribution < 1.29 is 4.79 Å². The molecule has 0 spiro atoms. The van der Waals surface area contributed by atoms with Crippen molar-refractivity contribution in [2.45, 2.75) is 45.6 Å². The summed E-state index contributed by atoms with van der Waals surface area (Å²) >= 11 is 3.39. The van der Waals surface area contributed by atoms with Gasteiger partial charge in [-0.05, 0) is 56.5 Å². The second-order valence-corrected chi connectivity index (χ2v) is 7.56. The van der Waals surface area contributed by atoms with Crippen molar-refractivity contribution in [2.24, 2.45) is 0 Å². The molecule has 3 nitrogen and oxygen atoms in total. The summed E-state index contributed by atoms with van der Waals surface area (Å²) in [6.07, 6.45) is 6.50. The Bertz CT molecular complexity index is 863. The molecule has 1 heterocycles. The minimum Gasteiger partial charge on any atom is -0.345 e. The van der Waals surface area contributed by atoms with Crippen LogP contribution in [0.15, 0.2) is 40.4 Å². The molecule has 1 aliphatic carbocycles. The summed E-state index contributed by atoms with van der Waals surface area (Å²) in [6, 6.07) is 12.1. The Kier molecular flexibility index (Phi) is 5.24. The van der Waals surface area contributed by atoms with E-state index in [0.717, 1.165) is 21.4 Å². The summed E-state index contributed by atoms with van der Waals surface area (Å²) in [5.41, 5.74) is 3.75. The molecule has 0 unspecified atom stereocenters. The van der Waals surface area contributed by atoms with Crippen LogP contribution >= 0.6 is 15.9 Å². The van der Waals surface area contributed by atoms with Gasteiger partial charge in [0.05, 0.1) is 0 Å². The van der Waals surface area contributed by atoms with Crippen molar-refractivity contribution in [3.05, 3.63) is 62.9 Å². The van der Waals surface area contributed by atoms with Gasteiger partial charge >= 0.3 is 0 Å². The van der Waals surface area contributed by atoms with Crippen LogP contribution in [0.5, 0.6) is 0 Å². The molecule has 0 saturated heterocycles. The summed E-state index contributed by atoms with van der Waals surface area (Å²) in [6.45, 7) is 4.04. The van der Waals surface area contributed by atoms with E-state index in [0.29, 0.717) is 11.6 Å². The smallest absolute Gasteiger partial charge is 0.205 e. The fraction of sp³-hybridized carbons (Fsp3) is 0.333.